The molecule has 0 saturated carbocycles. The van der Waals surface area contributed by atoms with Crippen LogP contribution in [0.2, 0.25) is 0 Å². The zero-order valence-electron chi connectivity index (χ0n) is 5.25. The molecule has 0 fully saturated rings. The van der Waals surface area contributed by atoms with Crippen molar-refractivity contribution >= 4 is 6.72 Å². The molecule has 9 heavy (non-hydrogen) atoms. The van der Waals surface area contributed by atoms with E-state index in [0.29, 0.717) is 12.2 Å². The predicted molar refractivity (Wildman–Crippen MR) is 38.8 cm³/mol. The first-order valence-electron chi connectivity index (χ1n) is 2.59. The van der Waals surface area contributed by atoms with Crippen LogP contribution in [-0.4, -0.2) is 19.4 Å². The second-order valence-corrected chi connectivity index (χ2v) is 1.60. The minimum absolute atomic E-state index is 0.328. The third kappa shape index (κ3) is 3.84. The molecule has 4 nitrogen and oxygen atoms in total. The van der Waals surface area contributed by atoms with E-state index in [1.807, 2.05) is 0 Å². The number of nitrogens with two attached hydrogens (primary N) is 3. The molecule has 0 amide bonds. The summed E-state index contributed by atoms with van der Waals surface area (Å²) in [4.78, 5) is 3.57. The molecule has 4 heteroatoms. The SMILES string of the molecule is C=N/C(=C\C(N)N)CN. The first-order valence-corrected chi connectivity index (χ1v) is 2.59. The highest BCUT2D eigenvalue weighted by atomic mass is 14.9. The molecule has 0 aromatic carbocycles. The van der Waals surface area contributed by atoms with Crippen LogP contribution >= 0.6 is 0 Å². The molecular weight excluding hydrogens is 116 g/mol. The normalized spacial score (nSPS) is 12.2. The van der Waals surface area contributed by atoms with Crippen LogP contribution in [0.5, 0.6) is 0 Å². The molecule has 0 heterocycles. The van der Waals surface area contributed by atoms with E-state index in [1.54, 1.807) is 6.08 Å². The van der Waals surface area contributed by atoms with Crippen LogP contribution in [0.25, 0.3) is 0 Å². The topological polar surface area (TPSA) is 90.4 Å². The average molecular weight is 128 g/mol. The molecule has 0 aromatic rings. The zero-order valence-corrected chi connectivity index (χ0v) is 5.25. The number of hydrogen-bond acceptors (Lipinski definition) is 4. The van der Waals surface area contributed by atoms with Crippen LogP contribution in [0.4, 0.5) is 0 Å². The van der Waals surface area contributed by atoms with Gasteiger partial charge in [-0.25, -0.2) is 0 Å². The van der Waals surface area contributed by atoms with Crippen LogP contribution in [-0.2, 0) is 0 Å². The van der Waals surface area contributed by atoms with Gasteiger partial charge in [0.05, 0.1) is 11.9 Å². The van der Waals surface area contributed by atoms with Crippen molar-refractivity contribution in [1.29, 1.82) is 0 Å². The maximum Gasteiger partial charge on any atom is 0.0734 e. The molecule has 0 bridgehead atoms. The van der Waals surface area contributed by atoms with Crippen molar-refractivity contribution < 1.29 is 0 Å². The van der Waals surface area contributed by atoms with Crippen molar-refractivity contribution in [2.24, 2.45) is 22.2 Å². The highest BCUT2D eigenvalue weighted by molar-refractivity contribution is 5.29. The van der Waals surface area contributed by atoms with Crippen LogP contribution in [0.15, 0.2) is 16.8 Å². The molecule has 0 rings (SSSR count). The maximum atomic E-state index is 5.22. The van der Waals surface area contributed by atoms with Gasteiger partial charge in [-0.15, -0.1) is 0 Å². The lowest BCUT2D eigenvalue weighted by atomic mass is 10.3. The molecule has 52 valence electrons. The van der Waals surface area contributed by atoms with Crippen molar-refractivity contribution in [2.75, 3.05) is 6.54 Å². The van der Waals surface area contributed by atoms with Gasteiger partial charge in [0, 0.05) is 6.54 Å². The van der Waals surface area contributed by atoms with E-state index < -0.39 is 6.17 Å². The van der Waals surface area contributed by atoms with E-state index in [2.05, 4.69) is 11.7 Å². The predicted octanol–water partition coefficient (Wildman–Crippen LogP) is -1.23. The lowest BCUT2D eigenvalue weighted by Gasteiger charge is -1.98. The fraction of sp³-hybridized carbons (Fsp3) is 0.400. The van der Waals surface area contributed by atoms with Crippen LogP contribution in [0.3, 0.4) is 0 Å². The largest absolute Gasteiger partial charge is 0.325 e. The third-order valence-corrected chi connectivity index (χ3v) is 0.797. The van der Waals surface area contributed by atoms with E-state index in [4.69, 9.17) is 17.2 Å². The molecule has 0 aliphatic rings. The van der Waals surface area contributed by atoms with Crippen molar-refractivity contribution in [3.05, 3.63) is 11.8 Å². The van der Waals surface area contributed by atoms with Gasteiger partial charge in [0.15, 0.2) is 0 Å². The Hall–Kier alpha value is -0.710. The fourth-order valence-corrected chi connectivity index (χ4v) is 0.407. The summed E-state index contributed by atoms with van der Waals surface area (Å²) in [5, 5.41) is 0. The van der Waals surface area contributed by atoms with Gasteiger partial charge in [-0.1, -0.05) is 0 Å². The first-order chi connectivity index (χ1) is 4.20. The fourth-order valence-electron chi connectivity index (χ4n) is 0.407. The van der Waals surface area contributed by atoms with Crippen molar-refractivity contribution in [3.63, 3.8) is 0 Å². The summed E-state index contributed by atoms with van der Waals surface area (Å²) in [6.45, 7) is 3.60. The molecule has 0 aliphatic heterocycles. The quantitative estimate of drug-likeness (QED) is 0.328. The van der Waals surface area contributed by atoms with Crippen LogP contribution < -0.4 is 17.2 Å². The van der Waals surface area contributed by atoms with Crippen LogP contribution in [0, 0.1) is 0 Å². The third-order valence-electron chi connectivity index (χ3n) is 0.797. The highest BCUT2D eigenvalue weighted by Crippen LogP contribution is 1.89. The van der Waals surface area contributed by atoms with Crippen LogP contribution in [0.1, 0.15) is 0 Å². The molecular formula is C5H12N4. The summed E-state index contributed by atoms with van der Waals surface area (Å²) in [5.74, 6) is 0. The highest BCUT2D eigenvalue weighted by Gasteiger charge is 1.90. The summed E-state index contributed by atoms with van der Waals surface area (Å²) >= 11 is 0. The summed E-state index contributed by atoms with van der Waals surface area (Å²) < 4.78 is 0. The van der Waals surface area contributed by atoms with Gasteiger partial charge in [-0.05, 0) is 12.8 Å². The van der Waals surface area contributed by atoms with Gasteiger partial charge < -0.3 is 17.2 Å². The van der Waals surface area contributed by atoms with E-state index in [0.717, 1.165) is 0 Å². The summed E-state index contributed by atoms with van der Waals surface area (Å²) in [5.41, 5.74) is 16.3. The Morgan fingerprint density at radius 1 is 1.67 bits per heavy atom. The van der Waals surface area contributed by atoms with E-state index in [-0.39, 0.29) is 0 Å². The number of hydrogen-bond donors (Lipinski definition) is 3. The van der Waals surface area contributed by atoms with Gasteiger partial charge in [-0.2, -0.15) is 0 Å². The molecule has 0 spiro atoms. The molecule has 0 atom stereocenters. The Kier molecular flexibility index (Phi) is 3.87. The lowest BCUT2D eigenvalue weighted by Crippen LogP contribution is -2.28. The van der Waals surface area contributed by atoms with Crippen molar-refractivity contribution in [1.82, 2.24) is 0 Å². The Bertz CT molecular complexity index is 116. The van der Waals surface area contributed by atoms with E-state index in [1.165, 1.54) is 0 Å². The molecule has 0 aliphatic carbocycles. The molecule has 0 saturated heterocycles. The summed E-state index contributed by atoms with van der Waals surface area (Å²) in [6.07, 6.45) is 1.07. The Labute approximate surface area is 54.4 Å². The Morgan fingerprint density at radius 3 is 2.33 bits per heavy atom. The van der Waals surface area contributed by atoms with Gasteiger partial charge >= 0.3 is 0 Å². The molecule has 6 N–H and O–H groups in total. The van der Waals surface area contributed by atoms with Gasteiger partial charge in [0.1, 0.15) is 0 Å². The standard InChI is InChI=1S/C5H12N4/c1-9-4(3-6)2-5(7)8/h2,5H,1,3,6-8H2/b4-2-. The smallest absolute Gasteiger partial charge is 0.0734 e. The van der Waals surface area contributed by atoms with Crippen molar-refractivity contribution in [3.8, 4) is 0 Å². The molecule has 0 aromatic heterocycles. The Balaban J connectivity index is 3.90. The number of aliphatic imine (C=N–C) groups is 1. The summed E-state index contributed by atoms with van der Waals surface area (Å²) in [7, 11) is 0. The lowest BCUT2D eigenvalue weighted by molar-refractivity contribution is 0.857. The second kappa shape index (κ2) is 4.20. The maximum absolute atomic E-state index is 5.22. The molecule has 0 unspecified atom stereocenters. The minimum Gasteiger partial charge on any atom is -0.325 e. The Morgan fingerprint density at radius 2 is 2.22 bits per heavy atom. The van der Waals surface area contributed by atoms with Gasteiger partial charge in [0.2, 0.25) is 0 Å². The van der Waals surface area contributed by atoms with E-state index in [9.17, 15) is 0 Å². The summed E-state index contributed by atoms with van der Waals surface area (Å²) in [6, 6.07) is 0. The average Bonchev–Trinajstić information content (AvgIpc) is 1.82. The minimum atomic E-state index is -0.492. The number of nitrogens with zero attached hydrogens (tertiary/aromatic N) is 1. The first kappa shape index (κ1) is 8.29. The second-order valence-electron chi connectivity index (χ2n) is 1.60. The monoisotopic (exact) mass is 128 g/mol. The molecule has 0 radical (unpaired) electrons. The van der Waals surface area contributed by atoms with Gasteiger partial charge in [0.25, 0.3) is 0 Å². The zero-order chi connectivity index (χ0) is 7.28. The van der Waals surface area contributed by atoms with E-state index >= 15 is 0 Å². The van der Waals surface area contributed by atoms with Gasteiger partial charge in [-0.3, -0.25) is 4.99 Å². The van der Waals surface area contributed by atoms with Crippen molar-refractivity contribution in [2.45, 2.75) is 6.17 Å². The number of rotatable bonds is 3.